The lowest BCUT2D eigenvalue weighted by molar-refractivity contribution is -0.138. The van der Waals surface area contributed by atoms with Crippen LogP contribution in [-0.4, -0.2) is 27.7 Å². The third-order valence-corrected chi connectivity index (χ3v) is 4.93. The van der Waals surface area contributed by atoms with Crippen LogP contribution in [0.2, 0.25) is 0 Å². The van der Waals surface area contributed by atoms with Gasteiger partial charge in [-0.15, -0.1) is 0 Å². The van der Waals surface area contributed by atoms with Crippen LogP contribution < -0.4 is 10.6 Å². The standard InChI is InChI=1S/C23H25F3N4O/c1-14(2)20(13-31)29-22-28-19(16-7-5-4-6-8-16)12-21(30-22)27-17-10-9-15(3)18(11-17)23(24,25)26/h4-12,14,20,31H,13H2,1-3H3,(H2,27,28,29,30)/t20-/m0/s1. The molecule has 164 valence electrons. The number of anilines is 3. The lowest BCUT2D eigenvalue weighted by Gasteiger charge is -2.21. The molecule has 0 aliphatic rings. The molecule has 0 fully saturated rings. The number of hydrogen-bond acceptors (Lipinski definition) is 5. The first-order chi connectivity index (χ1) is 14.7. The molecule has 1 aromatic heterocycles. The summed E-state index contributed by atoms with van der Waals surface area (Å²) < 4.78 is 39.9. The molecule has 3 rings (SSSR count). The van der Waals surface area contributed by atoms with Crippen LogP contribution in [0.25, 0.3) is 11.3 Å². The molecule has 0 bridgehead atoms. The van der Waals surface area contributed by atoms with Gasteiger partial charge in [-0.05, 0) is 30.5 Å². The van der Waals surface area contributed by atoms with E-state index in [1.54, 1.807) is 12.1 Å². The Morgan fingerprint density at radius 3 is 2.32 bits per heavy atom. The molecule has 0 aliphatic carbocycles. The highest BCUT2D eigenvalue weighted by atomic mass is 19.4. The van der Waals surface area contributed by atoms with Crippen LogP contribution in [0.1, 0.15) is 25.0 Å². The van der Waals surface area contributed by atoms with Crippen LogP contribution in [0.3, 0.4) is 0 Å². The van der Waals surface area contributed by atoms with Crippen LogP contribution in [0.5, 0.6) is 0 Å². The van der Waals surface area contributed by atoms with Gasteiger partial charge in [-0.25, -0.2) is 4.98 Å². The zero-order valence-electron chi connectivity index (χ0n) is 17.5. The lowest BCUT2D eigenvalue weighted by atomic mass is 10.1. The van der Waals surface area contributed by atoms with Gasteiger partial charge >= 0.3 is 6.18 Å². The minimum absolute atomic E-state index is 0.105. The molecular formula is C23H25F3N4O. The van der Waals surface area contributed by atoms with Crippen molar-refractivity contribution < 1.29 is 18.3 Å². The highest BCUT2D eigenvalue weighted by molar-refractivity contribution is 5.68. The van der Waals surface area contributed by atoms with E-state index >= 15 is 0 Å². The number of aryl methyl sites for hydroxylation is 1. The van der Waals surface area contributed by atoms with Crippen molar-refractivity contribution in [2.24, 2.45) is 5.92 Å². The molecule has 1 atom stereocenters. The maximum absolute atomic E-state index is 13.3. The van der Waals surface area contributed by atoms with Crippen LogP contribution in [0.15, 0.2) is 54.6 Å². The Morgan fingerprint density at radius 2 is 1.71 bits per heavy atom. The first kappa shape index (κ1) is 22.6. The molecule has 0 saturated carbocycles. The van der Waals surface area contributed by atoms with E-state index in [0.29, 0.717) is 11.5 Å². The fraction of sp³-hybridized carbons (Fsp3) is 0.304. The van der Waals surface area contributed by atoms with Crippen molar-refractivity contribution in [1.82, 2.24) is 9.97 Å². The number of nitrogens with zero attached hydrogens (tertiary/aromatic N) is 2. The van der Waals surface area contributed by atoms with Gasteiger partial charge in [0.15, 0.2) is 0 Å². The van der Waals surface area contributed by atoms with Crippen molar-refractivity contribution >= 4 is 17.5 Å². The van der Waals surface area contributed by atoms with Gasteiger partial charge in [0.05, 0.1) is 23.9 Å². The summed E-state index contributed by atoms with van der Waals surface area (Å²) in [6.45, 7) is 5.23. The van der Waals surface area contributed by atoms with E-state index in [-0.39, 0.29) is 35.8 Å². The fourth-order valence-corrected chi connectivity index (χ4v) is 3.07. The first-order valence-electron chi connectivity index (χ1n) is 9.94. The number of alkyl halides is 3. The average molecular weight is 430 g/mol. The van der Waals surface area contributed by atoms with Crippen LogP contribution in [-0.2, 0) is 6.18 Å². The largest absolute Gasteiger partial charge is 0.416 e. The zero-order chi connectivity index (χ0) is 22.6. The molecule has 0 saturated heterocycles. The second kappa shape index (κ2) is 9.34. The normalized spacial score (nSPS) is 12.6. The van der Waals surface area contributed by atoms with Gasteiger partial charge in [-0.3, -0.25) is 0 Å². The van der Waals surface area contributed by atoms with Gasteiger partial charge in [0.25, 0.3) is 0 Å². The number of halogens is 3. The predicted molar refractivity (Wildman–Crippen MR) is 116 cm³/mol. The van der Waals surface area contributed by atoms with Crippen LogP contribution in [0, 0.1) is 12.8 Å². The summed E-state index contributed by atoms with van der Waals surface area (Å²) >= 11 is 0. The van der Waals surface area contributed by atoms with E-state index in [4.69, 9.17) is 0 Å². The Labute approximate surface area is 179 Å². The van der Waals surface area contributed by atoms with E-state index in [1.165, 1.54) is 13.0 Å². The Hall–Kier alpha value is -3.13. The summed E-state index contributed by atoms with van der Waals surface area (Å²) in [4.78, 5) is 8.95. The van der Waals surface area contributed by atoms with Crippen LogP contribution >= 0.6 is 0 Å². The summed E-state index contributed by atoms with van der Waals surface area (Å²) in [6, 6.07) is 14.9. The van der Waals surface area contributed by atoms with Crippen molar-refractivity contribution in [3.8, 4) is 11.3 Å². The molecule has 5 nitrogen and oxygen atoms in total. The van der Waals surface area contributed by atoms with Crippen molar-refractivity contribution in [3.05, 3.63) is 65.7 Å². The molecule has 0 aliphatic heterocycles. The van der Waals surface area contributed by atoms with Gasteiger partial charge in [0.2, 0.25) is 5.95 Å². The molecule has 31 heavy (non-hydrogen) atoms. The molecule has 3 aromatic rings. The molecule has 0 amide bonds. The Morgan fingerprint density at radius 1 is 1.00 bits per heavy atom. The maximum Gasteiger partial charge on any atom is 0.416 e. The van der Waals surface area contributed by atoms with Crippen molar-refractivity contribution in [2.45, 2.75) is 33.0 Å². The third kappa shape index (κ3) is 5.73. The van der Waals surface area contributed by atoms with Gasteiger partial charge in [0, 0.05) is 17.3 Å². The summed E-state index contributed by atoms with van der Waals surface area (Å²) in [5.41, 5.74) is 1.15. The second-order valence-corrected chi connectivity index (χ2v) is 7.66. The minimum Gasteiger partial charge on any atom is -0.394 e. The number of aromatic nitrogens is 2. The highest BCUT2D eigenvalue weighted by Crippen LogP contribution is 2.34. The molecule has 0 radical (unpaired) electrons. The van der Waals surface area contributed by atoms with Crippen molar-refractivity contribution in [2.75, 3.05) is 17.2 Å². The van der Waals surface area contributed by atoms with Gasteiger partial charge in [-0.1, -0.05) is 50.2 Å². The van der Waals surface area contributed by atoms with E-state index in [1.807, 2.05) is 44.2 Å². The molecule has 3 N–H and O–H groups in total. The molecule has 8 heteroatoms. The quantitative estimate of drug-likeness (QED) is 0.452. The summed E-state index contributed by atoms with van der Waals surface area (Å²) in [5, 5.41) is 15.7. The smallest absolute Gasteiger partial charge is 0.394 e. The zero-order valence-corrected chi connectivity index (χ0v) is 17.5. The van der Waals surface area contributed by atoms with E-state index in [2.05, 4.69) is 20.6 Å². The number of rotatable bonds is 7. The number of hydrogen-bond donors (Lipinski definition) is 3. The number of aliphatic hydroxyl groups is 1. The fourth-order valence-electron chi connectivity index (χ4n) is 3.07. The molecule has 1 heterocycles. The number of benzene rings is 2. The Balaban J connectivity index is 2.00. The average Bonchev–Trinajstić information content (AvgIpc) is 2.73. The summed E-state index contributed by atoms with van der Waals surface area (Å²) in [7, 11) is 0. The third-order valence-electron chi connectivity index (χ3n) is 4.93. The Kier molecular flexibility index (Phi) is 6.80. The van der Waals surface area contributed by atoms with Gasteiger partial charge in [0.1, 0.15) is 5.82 Å². The molecule has 2 aromatic carbocycles. The predicted octanol–water partition coefficient (Wildman–Crippen LogP) is 5.64. The SMILES string of the molecule is Cc1ccc(Nc2cc(-c3ccccc3)nc(N[C@@H](CO)C(C)C)n2)cc1C(F)(F)F. The van der Waals surface area contributed by atoms with Crippen LogP contribution in [0.4, 0.5) is 30.6 Å². The summed E-state index contributed by atoms with van der Waals surface area (Å²) in [5.74, 6) is 0.741. The van der Waals surface area contributed by atoms with Crippen molar-refractivity contribution in [1.29, 1.82) is 0 Å². The van der Waals surface area contributed by atoms with Crippen molar-refractivity contribution in [3.63, 3.8) is 0 Å². The molecule has 0 spiro atoms. The van der Waals surface area contributed by atoms with E-state index in [0.717, 1.165) is 11.6 Å². The van der Waals surface area contributed by atoms with Gasteiger partial charge in [-0.2, -0.15) is 18.2 Å². The maximum atomic E-state index is 13.3. The van der Waals surface area contributed by atoms with E-state index < -0.39 is 11.7 Å². The Bertz CT molecular complexity index is 1020. The molecular weight excluding hydrogens is 405 g/mol. The van der Waals surface area contributed by atoms with E-state index in [9.17, 15) is 18.3 Å². The second-order valence-electron chi connectivity index (χ2n) is 7.66. The number of aliphatic hydroxyl groups excluding tert-OH is 1. The minimum atomic E-state index is -4.44. The monoisotopic (exact) mass is 430 g/mol. The van der Waals surface area contributed by atoms with Gasteiger partial charge < -0.3 is 15.7 Å². The number of nitrogens with one attached hydrogen (secondary N) is 2. The summed E-state index contributed by atoms with van der Waals surface area (Å²) in [6.07, 6.45) is -4.44. The lowest BCUT2D eigenvalue weighted by Crippen LogP contribution is -2.30. The highest BCUT2D eigenvalue weighted by Gasteiger charge is 2.32. The molecule has 0 unspecified atom stereocenters. The first-order valence-corrected chi connectivity index (χ1v) is 9.94. The topological polar surface area (TPSA) is 70.1 Å².